The van der Waals surface area contributed by atoms with Gasteiger partial charge in [0.05, 0.1) is 10.7 Å². The Morgan fingerprint density at radius 2 is 1.95 bits per heavy atom. The van der Waals surface area contributed by atoms with Gasteiger partial charge in [0.25, 0.3) is 5.78 Å². The van der Waals surface area contributed by atoms with Gasteiger partial charge < -0.3 is 5.32 Å². The fourth-order valence-corrected chi connectivity index (χ4v) is 2.24. The monoisotopic (exact) mass is 313 g/mol. The average Bonchev–Trinajstić information content (AvgIpc) is 2.80. The van der Waals surface area contributed by atoms with E-state index in [9.17, 15) is 0 Å². The first-order valence-corrected chi connectivity index (χ1v) is 6.35. The van der Waals surface area contributed by atoms with E-state index in [1.165, 1.54) is 10.8 Å². The Labute approximate surface area is 123 Å². The lowest BCUT2D eigenvalue weighted by atomic mass is 10.3. The van der Waals surface area contributed by atoms with Gasteiger partial charge in [-0.2, -0.15) is 19.6 Å². The fraction of sp³-hybridized carbons (Fsp3) is 0. The van der Waals surface area contributed by atoms with Crippen LogP contribution in [0.15, 0.2) is 30.6 Å². The average molecular weight is 315 g/mol. The second-order valence-corrected chi connectivity index (χ2v) is 4.92. The lowest BCUT2D eigenvalue weighted by Gasteiger charge is -2.09. The van der Waals surface area contributed by atoms with Crippen molar-refractivity contribution < 1.29 is 0 Å². The number of anilines is 2. The number of rotatable bonds is 2. The predicted octanol–water partition coefficient (Wildman–Crippen LogP) is 3.83. The largest absolute Gasteiger partial charge is 0.339 e. The van der Waals surface area contributed by atoms with Gasteiger partial charge in [-0.3, -0.25) is 0 Å². The molecule has 0 aliphatic rings. The van der Waals surface area contributed by atoms with Crippen LogP contribution < -0.4 is 5.32 Å². The number of hydrogen-bond donors (Lipinski definition) is 1. The predicted molar refractivity (Wildman–Crippen MR) is 75.5 cm³/mol. The summed E-state index contributed by atoms with van der Waals surface area (Å²) in [5.41, 5.74) is 0.685. The number of hydrogen-bond acceptors (Lipinski definition) is 4. The minimum atomic E-state index is 0.313. The van der Waals surface area contributed by atoms with Gasteiger partial charge in [-0.05, 0) is 18.2 Å². The maximum atomic E-state index is 6.10. The molecule has 0 radical (unpaired) electrons. The fourth-order valence-electron chi connectivity index (χ4n) is 1.60. The molecule has 0 saturated carbocycles. The molecule has 3 aromatic rings. The van der Waals surface area contributed by atoms with Crippen LogP contribution in [-0.4, -0.2) is 19.6 Å². The van der Waals surface area contributed by atoms with Gasteiger partial charge in [0.15, 0.2) is 0 Å². The summed E-state index contributed by atoms with van der Waals surface area (Å²) in [5, 5.41) is 8.54. The lowest BCUT2D eigenvalue weighted by molar-refractivity contribution is 0.947. The summed E-state index contributed by atoms with van der Waals surface area (Å²) in [6, 6.07) is 6.78. The molecule has 8 heteroatoms. The van der Waals surface area contributed by atoms with Gasteiger partial charge in [0.2, 0.25) is 0 Å². The van der Waals surface area contributed by atoms with Crippen molar-refractivity contribution in [3.63, 3.8) is 0 Å². The topological polar surface area (TPSA) is 55.1 Å². The van der Waals surface area contributed by atoms with Crippen LogP contribution in [-0.2, 0) is 0 Å². The molecule has 0 bridgehead atoms. The summed E-state index contributed by atoms with van der Waals surface area (Å²) in [7, 11) is 0. The number of aromatic nitrogens is 4. The molecule has 0 atom stereocenters. The summed E-state index contributed by atoms with van der Waals surface area (Å²) in [5.74, 6) is 1.01. The molecule has 96 valence electrons. The van der Waals surface area contributed by atoms with Crippen LogP contribution in [0.5, 0.6) is 0 Å². The Kier molecular flexibility index (Phi) is 3.18. The van der Waals surface area contributed by atoms with E-state index in [0.717, 1.165) is 0 Å². The van der Waals surface area contributed by atoms with Gasteiger partial charge in [-0.15, -0.1) is 0 Å². The van der Waals surface area contributed by atoms with Crippen molar-refractivity contribution in [3.05, 3.63) is 45.8 Å². The first kappa shape index (κ1) is 12.5. The summed E-state index contributed by atoms with van der Waals surface area (Å²) >= 11 is 17.9. The molecule has 0 spiro atoms. The second kappa shape index (κ2) is 4.85. The molecule has 0 aliphatic heterocycles. The minimum absolute atomic E-state index is 0.313. The van der Waals surface area contributed by atoms with Crippen LogP contribution in [0.25, 0.3) is 5.78 Å². The molecule has 0 aliphatic carbocycles. The Morgan fingerprint density at radius 1 is 1.11 bits per heavy atom. The Bertz CT molecular complexity index is 755. The zero-order valence-corrected chi connectivity index (χ0v) is 11.6. The molecule has 3 rings (SSSR count). The minimum Gasteiger partial charge on any atom is -0.339 e. The Hall–Kier alpha value is -1.56. The third kappa shape index (κ3) is 2.45. The quantitative estimate of drug-likeness (QED) is 0.730. The van der Waals surface area contributed by atoms with Crippen molar-refractivity contribution in [1.29, 1.82) is 0 Å². The van der Waals surface area contributed by atoms with Crippen molar-refractivity contribution in [2.24, 2.45) is 0 Å². The molecule has 1 aromatic carbocycles. The van der Waals surface area contributed by atoms with Crippen LogP contribution in [0.2, 0.25) is 15.2 Å². The van der Waals surface area contributed by atoms with Gasteiger partial charge >= 0.3 is 0 Å². The molecule has 19 heavy (non-hydrogen) atoms. The van der Waals surface area contributed by atoms with E-state index < -0.39 is 0 Å². The molecule has 5 nitrogen and oxygen atoms in total. The van der Waals surface area contributed by atoms with E-state index in [1.807, 2.05) is 0 Å². The third-order valence-corrected chi connectivity index (χ3v) is 3.16. The van der Waals surface area contributed by atoms with Crippen molar-refractivity contribution >= 4 is 52.1 Å². The van der Waals surface area contributed by atoms with Crippen molar-refractivity contribution in [3.8, 4) is 0 Å². The molecule has 0 unspecified atom stereocenters. The molecule has 1 N–H and O–H groups in total. The highest BCUT2D eigenvalue weighted by Gasteiger charge is 2.08. The summed E-state index contributed by atoms with van der Waals surface area (Å²) in [4.78, 5) is 8.02. The number of halogens is 3. The van der Waals surface area contributed by atoms with E-state index >= 15 is 0 Å². The van der Waals surface area contributed by atoms with Gasteiger partial charge in [-0.1, -0.05) is 34.8 Å². The Morgan fingerprint density at radius 3 is 2.74 bits per heavy atom. The summed E-state index contributed by atoms with van der Waals surface area (Å²) < 4.78 is 1.52. The second-order valence-electron chi connectivity index (χ2n) is 3.69. The first-order chi connectivity index (χ1) is 9.13. The van der Waals surface area contributed by atoms with Gasteiger partial charge in [0, 0.05) is 11.1 Å². The summed E-state index contributed by atoms with van der Waals surface area (Å²) in [6.07, 6.45) is 1.40. The SMILES string of the molecule is Clc1ccc(Nc2cc(Cl)nc3ncnn23)c(Cl)c1. The molecule has 0 fully saturated rings. The van der Waals surface area contributed by atoms with Crippen molar-refractivity contribution in [1.82, 2.24) is 19.6 Å². The van der Waals surface area contributed by atoms with Crippen LogP contribution in [0.3, 0.4) is 0 Å². The van der Waals surface area contributed by atoms with Crippen molar-refractivity contribution in [2.45, 2.75) is 0 Å². The van der Waals surface area contributed by atoms with Crippen LogP contribution >= 0.6 is 34.8 Å². The molecular weight excluding hydrogens is 309 g/mol. The van der Waals surface area contributed by atoms with Gasteiger partial charge in [0.1, 0.15) is 17.3 Å². The molecule has 2 aromatic heterocycles. The van der Waals surface area contributed by atoms with E-state index in [4.69, 9.17) is 34.8 Å². The first-order valence-electron chi connectivity index (χ1n) is 5.22. The molecule has 0 saturated heterocycles. The number of benzene rings is 1. The lowest BCUT2D eigenvalue weighted by Crippen LogP contribution is -2.01. The van der Waals surface area contributed by atoms with Gasteiger partial charge in [-0.25, -0.2) is 0 Å². The smallest absolute Gasteiger partial charge is 0.255 e. The van der Waals surface area contributed by atoms with Crippen LogP contribution in [0.1, 0.15) is 0 Å². The van der Waals surface area contributed by atoms with Crippen LogP contribution in [0.4, 0.5) is 11.5 Å². The molecule has 2 heterocycles. The van der Waals surface area contributed by atoms with E-state index in [0.29, 0.717) is 32.5 Å². The zero-order chi connectivity index (χ0) is 13.4. The summed E-state index contributed by atoms with van der Waals surface area (Å²) in [6.45, 7) is 0. The van der Waals surface area contributed by atoms with Crippen molar-refractivity contribution in [2.75, 3.05) is 5.32 Å². The highest BCUT2D eigenvalue weighted by molar-refractivity contribution is 6.36. The molecule has 0 amide bonds. The Balaban J connectivity index is 2.07. The molecular formula is C11H6Cl3N5. The highest BCUT2D eigenvalue weighted by Crippen LogP contribution is 2.28. The van der Waals surface area contributed by atoms with E-state index in [-0.39, 0.29) is 0 Å². The number of nitrogens with zero attached hydrogens (tertiary/aromatic N) is 4. The van der Waals surface area contributed by atoms with E-state index in [1.54, 1.807) is 24.3 Å². The normalized spacial score (nSPS) is 10.9. The third-order valence-electron chi connectivity index (χ3n) is 2.41. The number of nitrogens with one attached hydrogen (secondary N) is 1. The maximum absolute atomic E-state index is 6.10. The highest BCUT2D eigenvalue weighted by atomic mass is 35.5. The number of fused-ring (bicyclic) bond motifs is 1. The maximum Gasteiger partial charge on any atom is 0.255 e. The van der Waals surface area contributed by atoms with E-state index in [2.05, 4.69) is 20.4 Å². The zero-order valence-electron chi connectivity index (χ0n) is 9.31. The van der Waals surface area contributed by atoms with Crippen LogP contribution in [0, 0.1) is 0 Å². The standard InChI is InChI=1S/C11H6Cl3N5/c12-6-1-2-8(7(13)3-6)17-10-4-9(14)18-11-15-5-16-19(10)11/h1-5,17H.